The third-order valence-corrected chi connectivity index (χ3v) is 5.32. The highest BCUT2D eigenvalue weighted by Gasteiger charge is 2.59. The van der Waals surface area contributed by atoms with Gasteiger partial charge in [-0.25, -0.2) is 0 Å². The van der Waals surface area contributed by atoms with E-state index in [1.54, 1.807) is 29.2 Å². The first-order valence-electron chi connectivity index (χ1n) is 8.79. The van der Waals surface area contributed by atoms with E-state index in [-0.39, 0.29) is 17.9 Å². The number of anilines is 2. The van der Waals surface area contributed by atoms with Crippen molar-refractivity contribution in [1.29, 1.82) is 5.26 Å². The van der Waals surface area contributed by atoms with Gasteiger partial charge < -0.3 is 10.2 Å². The van der Waals surface area contributed by atoms with Gasteiger partial charge in [0, 0.05) is 11.7 Å². The van der Waals surface area contributed by atoms with Gasteiger partial charge in [0.1, 0.15) is 11.5 Å². The summed E-state index contributed by atoms with van der Waals surface area (Å²) in [4.78, 5) is 28.0. The Balaban J connectivity index is 1.60. The lowest BCUT2D eigenvalue weighted by molar-refractivity contribution is -0.132. The van der Waals surface area contributed by atoms with Crippen molar-refractivity contribution >= 4 is 23.2 Å². The smallest absolute Gasteiger partial charge is 0.242 e. The number of nitrogens with zero attached hydrogens (tertiary/aromatic N) is 2. The van der Waals surface area contributed by atoms with E-state index in [0.29, 0.717) is 24.1 Å². The summed E-state index contributed by atoms with van der Waals surface area (Å²) in [6.45, 7) is 2.01. The molecule has 1 atom stereocenters. The van der Waals surface area contributed by atoms with Crippen LogP contribution in [0.1, 0.15) is 30.9 Å². The third kappa shape index (κ3) is 2.46. The van der Waals surface area contributed by atoms with Gasteiger partial charge in [0.2, 0.25) is 11.8 Å². The van der Waals surface area contributed by atoms with Crippen molar-refractivity contribution in [2.75, 3.05) is 10.2 Å². The van der Waals surface area contributed by atoms with E-state index in [9.17, 15) is 14.9 Å². The van der Waals surface area contributed by atoms with Gasteiger partial charge in [0.05, 0.1) is 11.3 Å². The quantitative estimate of drug-likeness (QED) is 0.868. The van der Waals surface area contributed by atoms with Gasteiger partial charge in [0.25, 0.3) is 0 Å². The van der Waals surface area contributed by atoms with E-state index in [2.05, 4.69) is 11.4 Å². The van der Waals surface area contributed by atoms with Crippen LogP contribution in [0, 0.1) is 16.7 Å². The van der Waals surface area contributed by atoms with Gasteiger partial charge in [-0.2, -0.15) is 5.26 Å². The average Bonchev–Trinajstić information content (AvgIpc) is 3.39. The molecule has 4 rings (SSSR count). The SMILES string of the molecule is CC1Cc2ccccc2N1C(=O)C1(C(=O)Nc2ccccc2C#N)CC1. The Hall–Kier alpha value is -3.13. The van der Waals surface area contributed by atoms with Crippen molar-refractivity contribution in [1.82, 2.24) is 0 Å². The predicted molar refractivity (Wildman–Crippen MR) is 98.5 cm³/mol. The number of nitrogens with one attached hydrogen (secondary N) is 1. The minimum Gasteiger partial charge on any atom is -0.324 e. The van der Waals surface area contributed by atoms with E-state index in [4.69, 9.17) is 0 Å². The summed E-state index contributed by atoms with van der Waals surface area (Å²) in [7, 11) is 0. The zero-order valence-corrected chi connectivity index (χ0v) is 14.5. The summed E-state index contributed by atoms with van der Waals surface area (Å²) >= 11 is 0. The van der Waals surface area contributed by atoms with Crippen LogP contribution in [0.25, 0.3) is 0 Å². The molecule has 1 heterocycles. The molecular formula is C21H19N3O2. The van der Waals surface area contributed by atoms with Crippen LogP contribution in [0.4, 0.5) is 11.4 Å². The first kappa shape index (κ1) is 16.3. The van der Waals surface area contributed by atoms with Gasteiger partial charge >= 0.3 is 0 Å². The molecule has 0 saturated heterocycles. The molecule has 1 unspecified atom stereocenters. The van der Waals surface area contributed by atoms with E-state index in [1.165, 1.54) is 0 Å². The van der Waals surface area contributed by atoms with Crippen molar-refractivity contribution in [2.24, 2.45) is 5.41 Å². The standard InChI is InChI=1S/C21H19N3O2/c1-14-12-15-6-3-5-9-18(15)24(14)20(26)21(10-11-21)19(25)23-17-8-4-2-7-16(17)13-22/h2-9,14H,10-12H2,1H3,(H,23,25). The first-order valence-corrected chi connectivity index (χ1v) is 8.79. The number of fused-ring (bicyclic) bond motifs is 1. The molecule has 130 valence electrons. The molecule has 0 spiro atoms. The highest BCUT2D eigenvalue weighted by molar-refractivity contribution is 6.18. The van der Waals surface area contributed by atoms with E-state index in [0.717, 1.165) is 17.7 Å². The van der Waals surface area contributed by atoms with Crippen LogP contribution in [0.2, 0.25) is 0 Å². The molecule has 1 aliphatic carbocycles. The largest absolute Gasteiger partial charge is 0.324 e. The molecule has 0 bridgehead atoms. The highest BCUT2D eigenvalue weighted by Crippen LogP contribution is 2.50. The van der Waals surface area contributed by atoms with Crippen LogP contribution in [0.15, 0.2) is 48.5 Å². The van der Waals surface area contributed by atoms with Gasteiger partial charge in [-0.3, -0.25) is 9.59 Å². The Labute approximate surface area is 152 Å². The normalized spacial score (nSPS) is 19.4. The summed E-state index contributed by atoms with van der Waals surface area (Å²) < 4.78 is 0. The Bertz CT molecular complexity index is 940. The number of carbonyl (C=O) groups excluding carboxylic acids is 2. The molecule has 26 heavy (non-hydrogen) atoms. The summed E-state index contributed by atoms with van der Waals surface area (Å²) in [6, 6.07) is 16.8. The molecule has 1 N–H and O–H groups in total. The van der Waals surface area contributed by atoms with Crippen molar-refractivity contribution in [2.45, 2.75) is 32.2 Å². The number of carbonyl (C=O) groups is 2. The number of para-hydroxylation sites is 2. The fraction of sp³-hybridized carbons (Fsp3) is 0.286. The van der Waals surface area contributed by atoms with Gasteiger partial charge in [-0.05, 0) is 49.9 Å². The van der Waals surface area contributed by atoms with Gasteiger partial charge in [-0.15, -0.1) is 0 Å². The monoisotopic (exact) mass is 345 g/mol. The maximum Gasteiger partial charge on any atom is 0.242 e. The summed E-state index contributed by atoms with van der Waals surface area (Å²) in [5.74, 6) is -0.455. The zero-order chi connectivity index (χ0) is 18.3. The zero-order valence-electron chi connectivity index (χ0n) is 14.5. The second kappa shape index (κ2) is 5.99. The molecule has 0 aromatic heterocycles. The van der Waals surface area contributed by atoms with Crippen LogP contribution in [-0.2, 0) is 16.0 Å². The molecule has 2 aromatic carbocycles. The predicted octanol–water partition coefficient (Wildman–Crippen LogP) is 3.25. The lowest BCUT2D eigenvalue weighted by Crippen LogP contribution is -2.45. The minimum atomic E-state index is -1.02. The van der Waals surface area contributed by atoms with E-state index in [1.807, 2.05) is 31.2 Å². The van der Waals surface area contributed by atoms with Gasteiger partial charge in [-0.1, -0.05) is 30.3 Å². The fourth-order valence-corrected chi connectivity index (χ4v) is 3.70. The molecule has 2 aromatic rings. The molecular weight excluding hydrogens is 326 g/mol. The molecule has 2 aliphatic rings. The van der Waals surface area contributed by atoms with Crippen LogP contribution in [0.5, 0.6) is 0 Å². The Morgan fingerprint density at radius 3 is 2.58 bits per heavy atom. The number of benzene rings is 2. The lowest BCUT2D eigenvalue weighted by Gasteiger charge is -2.27. The Morgan fingerprint density at radius 1 is 1.15 bits per heavy atom. The van der Waals surface area contributed by atoms with Crippen LogP contribution < -0.4 is 10.2 Å². The third-order valence-electron chi connectivity index (χ3n) is 5.32. The number of amides is 2. The van der Waals surface area contributed by atoms with Crippen molar-refractivity contribution in [3.63, 3.8) is 0 Å². The molecule has 1 aliphatic heterocycles. The lowest BCUT2D eigenvalue weighted by atomic mass is 10.0. The second-order valence-electron chi connectivity index (χ2n) is 7.05. The van der Waals surface area contributed by atoms with Crippen LogP contribution >= 0.6 is 0 Å². The molecule has 2 amide bonds. The van der Waals surface area contributed by atoms with E-state index < -0.39 is 5.41 Å². The fourth-order valence-electron chi connectivity index (χ4n) is 3.70. The Kier molecular flexibility index (Phi) is 3.77. The van der Waals surface area contributed by atoms with Crippen molar-refractivity contribution in [3.05, 3.63) is 59.7 Å². The minimum absolute atomic E-state index is 0.0385. The maximum atomic E-state index is 13.3. The number of hydrogen-bond donors (Lipinski definition) is 1. The number of hydrogen-bond acceptors (Lipinski definition) is 3. The van der Waals surface area contributed by atoms with Crippen molar-refractivity contribution in [3.8, 4) is 6.07 Å². The van der Waals surface area contributed by atoms with Crippen LogP contribution in [0.3, 0.4) is 0 Å². The van der Waals surface area contributed by atoms with Crippen molar-refractivity contribution < 1.29 is 9.59 Å². The average molecular weight is 345 g/mol. The molecule has 1 saturated carbocycles. The number of nitriles is 1. The topological polar surface area (TPSA) is 73.2 Å². The molecule has 5 heteroatoms. The first-order chi connectivity index (χ1) is 12.6. The molecule has 5 nitrogen and oxygen atoms in total. The Morgan fingerprint density at radius 2 is 1.85 bits per heavy atom. The summed E-state index contributed by atoms with van der Waals surface area (Å²) in [5.41, 5.74) is 1.87. The van der Waals surface area contributed by atoms with Crippen LogP contribution in [-0.4, -0.2) is 17.9 Å². The second-order valence-corrected chi connectivity index (χ2v) is 7.05. The summed E-state index contributed by atoms with van der Waals surface area (Å²) in [5, 5.41) is 12.0. The summed E-state index contributed by atoms with van der Waals surface area (Å²) in [6.07, 6.45) is 1.88. The van der Waals surface area contributed by atoms with E-state index >= 15 is 0 Å². The maximum absolute atomic E-state index is 13.3. The molecule has 1 fully saturated rings. The number of rotatable bonds is 3. The van der Waals surface area contributed by atoms with Gasteiger partial charge in [0.15, 0.2) is 0 Å². The molecule has 0 radical (unpaired) electrons. The highest BCUT2D eigenvalue weighted by atomic mass is 16.2.